The van der Waals surface area contributed by atoms with E-state index < -0.39 is 48.2 Å². The Labute approximate surface area is 169 Å². The van der Waals surface area contributed by atoms with Crippen LogP contribution in [0, 0.1) is 5.92 Å². The monoisotopic (exact) mass is 414 g/mol. The van der Waals surface area contributed by atoms with Crippen LogP contribution in [-0.2, 0) is 19.2 Å². The highest BCUT2D eigenvalue weighted by Crippen LogP contribution is 2.12. The Morgan fingerprint density at radius 3 is 2.07 bits per heavy atom. The van der Waals surface area contributed by atoms with E-state index in [-0.39, 0.29) is 18.3 Å². The van der Waals surface area contributed by atoms with Gasteiger partial charge in [-0.15, -0.1) is 12.4 Å². The van der Waals surface area contributed by atoms with Crippen molar-refractivity contribution in [1.82, 2.24) is 10.6 Å². The van der Waals surface area contributed by atoms with Gasteiger partial charge < -0.3 is 27.2 Å². The summed E-state index contributed by atoms with van der Waals surface area (Å²) in [5.41, 5.74) is 11.6. The fourth-order valence-electron chi connectivity index (χ4n) is 2.48. The molecule has 0 fully saturated rings. The minimum Gasteiger partial charge on any atom is -0.481 e. The number of carboxylic acid groups (broad SMARTS) is 1. The standard InChI is InChI=1S/C18H26N4O5.ClH/c1-10(2)8-12(19)17(26)21-13(9-14(23)24)18(27)22-15(16(20)25)11-6-4-3-5-7-11;/h3-7,10,12-13,15H,8-9,19H2,1-2H3,(H2,20,25)(H,21,26)(H,22,27)(H,23,24);1H/t12-,13-,15-;/m0./s1. The Kier molecular flexibility index (Phi) is 10.8. The molecule has 0 aliphatic carbocycles. The van der Waals surface area contributed by atoms with Gasteiger partial charge in [-0.3, -0.25) is 19.2 Å². The maximum Gasteiger partial charge on any atom is 0.305 e. The van der Waals surface area contributed by atoms with E-state index in [4.69, 9.17) is 16.6 Å². The fraction of sp³-hybridized carbons (Fsp3) is 0.444. The lowest BCUT2D eigenvalue weighted by molar-refractivity contribution is -0.141. The van der Waals surface area contributed by atoms with Gasteiger partial charge in [0.15, 0.2) is 0 Å². The van der Waals surface area contributed by atoms with E-state index in [1.165, 1.54) is 0 Å². The first-order valence-corrected chi connectivity index (χ1v) is 8.54. The SMILES string of the molecule is CC(C)C[C@H](N)C(=O)N[C@@H](CC(=O)O)C(=O)N[C@H](C(N)=O)c1ccccc1.Cl. The molecule has 0 radical (unpaired) electrons. The second-order valence-corrected chi connectivity index (χ2v) is 6.65. The number of rotatable bonds is 10. The van der Waals surface area contributed by atoms with Crippen molar-refractivity contribution in [3.8, 4) is 0 Å². The highest BCUT2D eigenvalue weighted by atomic mass is 35.5. The van der Waals surface area contributed by atoms with E-state index >= 15 is 0 Å². The van der Waals surface area contributed by atoms with Gasteiger partial charge in [0.1, 0.15) is 12.1 Å². The average Bonchev–Trinajstić information content (AvgIpc) is 2.58. The van der Waals surface area contributed by atoms with Crippen LogP contribution in [0.1, 0.15) is 38.3 Å². The molecule has 3 amide bonds. The fourth-order valence-corrected chi connectivity index (χ4v) is 2.48. The molecule has 0 aliphatic rings. The highest BCUT2D eigenvalue weighted by molar-refractivity contribution is 5.94. The molecule has 9 nitrogen and oxygen atoms in total. The van der Waals surface area contributed by atoms with E-state index in [1.54, 1.807) is 30.3 Å². The third-order valence-electron chi connectivity index (χ3n) is 3.78. The molecule has 0 aliphatic heterocycles. The predicted octanol–water partition coefficient (Wildman–Crippen LogP) is 0.0839. The van der Waals surface area contributed by atoms with Gasteiger partial charge in [-0.2, -0.15) is 0 Å². The van der Waals surface area contributed by atoms with Gasteiger partial charge in [0, 0.05) is 0 Å². The lowest BCUT2D eigenvalue weighted by Gasteiger charge is -2.23. The number of amides is 3. The Morgan fingerprint density at radius 2 is 1.61 bits per heavy atom. The molecule has 0 spiro atoms. The molecule has 0 bridgehead atoms. The van der Waals surface area contributed by atoms with Crippen LogP contribution in [0.25, 0.3) is 0 Å². The number of primary amides is 1. The van der Waals surface area contributed by atoms with E-state index in [9.17, 15) is 19.2 Å². The first-order chi connectivity index (χ1) is 12.6. The minimum absolute atomic E-state index is 0. The van der Waals surface area contributed by atoms with Crippen molar-refractivity contribution in [1.29, 1.82) is 0 Å². The van der Waals surface area contributed by atoms with Crippen molar-refractivity contribution in [3.63, 3.8) is 0 Å². The molecule has 10 heteroatoms. The molecule has 0 saturated carbocycles. The Bertz CT molecular complexity index is 684. The zero-order chi connectivity index (χ0) is 20.6. The van der Waals surface area contributed by atoms with Crippen LogP contribution in [0.4, 0.5) is 0 Å². The maximum absolute atomic E-state index is 12.5. The first kappa shape index (κ1) is 25.4. The van der Waals surface area contributed by atoms with E-state index in [2.05, 4.69) is 10.6 Å². The number of hydrogen-bond acceptors (Lipinski definition) is 5. The van der Waals surface area contributed by atoms with Gasteiger partial charge in [-0.05, 0) is 17.9 Å². The molecular formula is C18H27ClN4O5. The number of aliphatic carboxylic acids is 1. The summed E-state index contributed by atoms with van der Waals surface area (Å²) in [5, 5.41) is 13.8. The molecule has 28 heavy (non-hydrogen) atoms. The molecule has 0 heterocycles. The molecular weight excluding hydrogens is 388 g/mol. The summed E-state index contributed by atoms with van der Waals surface area (Å²) >= 11 is 0. The van der Waals surface area contributed by atoms with Gasteiger partial charge in [0.25, 0.3) is 0 Å². The van der Waals surface area contributed by atoms with Crippen molar-refractivity contribution < 1.29 is 24.3 Å². The van der Waals surface area contributed by atoms with E-state index in [0.717, 1.165) is 0 Å². The lowest BCUT2D eigenvalue weighted by atomic mass is 10.0. The number of carbonyl (C=O) groups excluding carboxylic acids is 3. The van der Waals surface area contributed by atoms with Crippen LogP contribution >= 0.6 is 12.4 Å². The first-order valence-electron chi connectivity index (χ1n) is 8.54. The molecule has 7 N–H and O–H groups in total. The molecule has 0 aromatic heterocycles. The molecule has 3 atom stereocenters. The van der Waals surface area contributed by atoms with Crippen LogP contribution in [-0.4, -0.2) is 40.9 Å². The van der Waals surface area contributed by atoms with Gasteiger partial charge >= 0.3 is 5.97 Å². The Morgan fingerprint density at radius 1 is 1.04 bits per heavy atom. The summed E-state index contributed by atoms with van der Waals surface area (Å²) in [5.74, 6) is -3.43. The molecule has 156 valence electrons. The summed E-state index contributed by atoms with van der Waals surface area (Å²) < 4.78 is 0. The smallest absolute Gasteiger partial charge is 0.305 e. The Hall–Kier alpha value is -2.65. The van der Waals surface area contributed by atoms with Crippen LogP contribution in [0.5, 0.6) is 0 Å². The number of nitrogens with two attached hydrogens (primary N) is 2. The molecule has 0 unspecified atom stereocenters. The second-order valence-electron chi connectivity index (χ2n) is 6.65. The lowest BCUT2D eigenvalue weighted by Crippen LogP contribution is -2.54. The third kappa shape index (κ3) is 8.36. The number of nitrogens with one attached hydrogen (secondary N) is 2. The van der Waals surface area contributed by atoms with Crippen molar-refractivity contribution in [2.24, 2.45) is 17.4 Å². The molecule has 1 aromatic carbocycles. The zero-order valence-electron chi connectivity index (χ0n) is 15.8. The Balaban J connectivity index is 0.00000729. The summed E-state index contributed by atoms with van der Waals surface area (Å²) in [6.45, 7) is 3.76. The summed E-state index contributed by atoms with van der Waals surface area (Å²) in [7, 11) is 0. The zero-order valence-corrected chi connectivity index (χ0v) is 16.6. The van der Waals surface area contributed by atoms with Crippen molar-refractivity contribution in [3.05, 3.63) is 35.9 Å². The van der Waals surface area contributed by atoms with Crippen molar-refractivity contribution in [2.75, 3.05) is 0 Å². The molecule has 1 aromatic rings. The van der Waals surface area contributed by atoms with Crippen molar-refractivity contribution in [2.45, 2.75) is 44.8 Å². The number of benzene rings is 1. The third-order valence-corrected chi connectivity index (χ3v) is 3.78. The quantitative estimate of drug-likeness (QED) is 0.363. The second kappa shape index (κ2) is 11.9. The van der Waals surface area contributed by atoms with Crippen LogP contribution in [0.2, 0.25) is 0 Å². The van der Waals surface area contributed by atoms with Gasteiger partial charge in [-0.25, -0.2) is 0 Å². The maximum atomic E-state index is 12.5. The van der Waals surface area contributed by atoms with E-state index in [0.29, 0.717) is 12.0 Å². The van der Waals surface area contributed by atoms with E-state index in [1.807, 2.05) is 13.8 Å². The summed E-state index contributed by atoms with van der Waals surface area (Å²) in [6.07, 6.45) is -0.284. The largest absolute Gasteiger partial charge is 0.481 e. The van der Waals surface area contributed by atoms with Gasteiger partial charge in [0.05, 0.1) is 12.5 Å². The minimum atomic E-state index is -1.39. The molecule has 0 saturated heterocycles. The number of halogens is 1. The van der Waals surface area contributed by atoms with Crippen LogP contribution in [0.15, 0.2) is 30.3 Å². The van der Waals surface area contributed by atoms with Gasteiger partial charge in [0.2, 0.25) is 17.7 Å². The number of carboxylic acids is 1. The van der Waals surface area contributed by atoms with Crippen LogP contribution in [0.3, 0.4) is 0 Å². The highest BCUT2D eigenvalue weighted by Gasteiger charge is 2.29. The number of hydrogen-bond donors (Lipinski definition) is 5. The molecule has 1 rings (SSSR count). The normalized spacial score (nSPS) is 13.6. The topological polar surface area (TPSA) is 165 Å². The summed E-state index contributed by atoms with van der Waals surface area (Å²) in [4.78, 5) is 47.5. The number of carbonyl (C=O) groups is 4. The summed E-state index contributed by atoms with van der Waals surface area (Å²) in [6, 6.07) is 4.83. The van der Waals surface area contributed by atoms with Crippen LogP contribution < -0.4 is 22.1 Å². The predicted molar refractivity (Wildman–Crippen MR) is 105 cm³/mol. The van der Waals surface area contributed by atoms with Gasteiger partial charge in [-0.1, -0.05) is 44.2 Å². The van der Waals surface area contributed by atoms with Crippen molar-refractivity contribution >= 4 is 36.1 Å². The average molecular weight is 415 g/mol.